The summed E-state index contributed by atoms with van der Waals surface area (Å²) in [6.45, 7) is 2.39. The Morgan fingerprint density at radius 1 is 1.57 bits per heavy atom. The van der Waals surface area contributed by atoms with E-state index in [1.54, 1.807) is 0 Å². The molecule has 1 aliphatic rings. The van der Waals surface area contributed by atoms with E-state index in [-0.39, 0.29) is 6.29 Å². The van der Waals surface area contributed by atoms with E-state index in [4.69, 9.17) is 9.47 Å². The van der Waals surface area contributed by atoms with E-state index in [1.165, 1.54) is 0 Å². The first-order chi connectivity index (χ1) is 3.43. The van der Waals surface area contributed by atoms with Gasteiger partial charge in [0.1, 0.15) is 0 Å². The van der Waals surface area contributed by atoms with Crippen molar-refractivity contribution in [2.24, 2.45) is 0 Å². The monoisotopic (exact) mass is 100 g/mol. The molecule has 1 heterocycles. The van der Waals surface area contributed by atoms with E-state index >= 15 is 0 Å². The summed E-state index contributed by atoms with van der Waals surface area (Å²) in [5, 5.41) is 0. The van der Waals surface area contributed by atoms with Crippen molar-refractivity contribution in [3.05, 3.63) is 12.2 Å². The molecule has 1 aliphatic heterocycles. The highest BCUT2D eigenvalue weighted by molar-refractivity contribution is 4.82. The molecule has 1 rings (SSSR count). The standard InChI is InChI=1S/C5H8O2/c1-2-3-5-6-4-7-5/h2-3,5H,4H2,1H3/b3-2+. The molecule has 0 aliphatic carbocycles. The van der Waals surface area contributed by atoms with Crippen LogP contribution >= 0.6 is 0 Å². The molecule has 0 amide bonds. The van der Waals surface area contributed by atoms with E-state index in [2.05, 4.69) is 0 Å². The molecule has 40 valence electrons. The van der Waals surface area contributed by atoms with Crippen LogP contribution in [0.3, 0.4) is 0 Å². The first-order valence-corrected chi connectivity index (χ1v) is 2.29. The molecule has 2 heteroatoms. The van der Waals surface area contributed by atoms with Gasteiger partial charge in [0, 0.05) is 0 Å². The van der Waals surface area contributed by atoms with E-state index in [0.29, 0.717) is 6.79 Å². The highest BCUT2D eigenvalue weighted by Crippen LogP contribution is 2.06. The average Bonchev–Trinajstić information content (AvgIpc) is 1.55. The summed E-state index contributed by atoms with van der Waals surface area (Å²) >= 11 is 0. The summed E-state index contributed by atoms with van der Waals surface area (Å²) in [6.07, 6.45) is 3.72. The highest BCUT2D eigenvalue weighted by Gasteiger charge is 2.12. The van der Waals surface area contributed by atoms with Crippen LogP contribution in [-0.2, 0) is 9.47 Å². The second kappa shape index (κ2) is 2.09. The van der Waals surface area contributed by atoms with E-state index < -0.39 is 0 Å². The largest absolute Gasteiger partial charge is 0.323 e. The summed E-state index contributed by atoms with van der Waals surface area (Å²) in [4.78, 5) is 0. The Labute approximate surface area is 42.7 Å². The summed E-state index contributed by atoms with van der Waals surface area (Å²) < 4.78 is 9.72. The molecule has 0 bridgehead atoms. The lowest BCUT2D eigenvalue weighted by atomic mass is 10.5. The second-order valence-electron chi connectivity index (χ2n) is 1.35. The van der Waals surface area contributed by atoms with Gasteiger partial charge in [-0.2, -0.15) is 0 Å². The van der Waals surface area contributed by atoms with E-state index in [0.717, 1.165) is 0 Å². The van der Waals surface area contributed by atoms with Crippen LogP contribution in [0.15, 0.2) is 12.2 Å². The molecule has 1 fully saturated rings. The van der Waals surface area contributed by atoms with Crippen molar-refractivity contribution < 1.29 is 9.47 Å². The lowest BCUT2D eigenvalue weighted by Gasteiger charge is -2.23. The topological polar surface area (TPSA) is 18.5 Å². The molecule has 0 atom stereocenters. The van der Waals surface area contributed by atoms with Crippen LogP contribution in [0.5, 0.6) is 0 Å². The van der Waals surface area contributed by atoms with Gasteiger partial charge in [0.25, 0.3) is 0 Å². The minimum atomic E-state index is -0.0509. The van der Waals surface area contributed by atoms with Gasteiger partial charge in [-0.1, -0.05) is 6.08 Å². The lowest BCUT2D eigenvalue weighted by Crippen LogP contribution is -2.27. The third-order valence-electron chi connectivity index (χ3n) is 0.814. The summed E-state index contributed by atoms with van der Waals surface area (Å²) in [7, 11) is 0. The zero-order valence-corrected chi connectivity index (χ0v) is 4.26. The smallest absolute Gasteiger partial charge is 0.182 e. The van der Waals surface area contributed by atoms with Gasteiger partial charge in [0.15, 0.2) is 13.1 Å². The molecule has 0 aromatic carbocycles. The van der Waals surface area contributed by atoms with Crippen LogP contribution in [0, 0.1) is 0 Å². The molecular weight excluding hydrogens is 92.1 g/mol. The SMILES string of the molecule is C/C=C/C1OCO1. The van der Waals surface area contributed by atoms with Crippen LogP contribution in [-0.4, -0.2) is 13.1 Å². The normalized spacial score (nSPS) is 23.0. The Morgan fingerprint density at radius 2 is 2.29 bits per heavy atom. The molecule has 0 spiro atoms. The average molecular weight is 100 g/mol. The Hall–Kier alpha value is -0.340. The Bertz CT molecular complexity index is 74.1. The van der Waals surface area contributed by atoms with Crippen LogP contribution in [0.2, 0.25) is 0 Å². The number of hydrogen-bond acceptors (Lipinski definition) is 2. The third kappa shape index (κ3) is 1.01. The highest BCUT2D eigenvalue weighted by atomic mass is 16.8. The van der Waals surface area contributed by atoms with Crippen molar-refractivity contribution in [1.29, 1.82) is 0 Å². The fraction of sp³-hybridized carbons (Fsp3) is 0.600. The van der Waals surface area contributed by atoms with Crippen molar-refractivity contribution >= 4 is 0 Å². The Balaban J connectivity index is 2.14. The predicted octanol–water partition coefficient (Wildman–Crippen LogP) is 0.893. The molecule has 0 aromatic rings. The van der Waals surface area contributed by atoms with Crippen molar-refractivity contribution in [3.63, 3.8) is 0 Å². The molecule has 0 radical (unpaired) electrons. The Morgan fingerprint density at radius 3 is 2.43 bits per heavy atom. The quantitative estimate of drug-likeness (QED) is 0.455. The van der Waals surface area contributed by atoms with Crippen LogP contribution in [0.25, 0.3) is 0 Å². The van der Waals surface area contributed by atoms with Crippen LogP contribution in [0.4, 0.5) is 0 Å². The van der Waals surface area contributed by atoms with Crippen molar-refractivity contribution in [3.8, 4) is 0 Å². The molecule has 2 nitrogen and oxygen atoms in total. The van der Waals surface area contributed by atoms with Gasteiger partial charge in [0.05, 0.1) is 0 Å². The van der Waals surface area contributed by atoms with Gasteiger partial charge in [0.2, 0.25) is 0 Å². The summed E-state index contributed by atoms with van der Waals surface area (Å²) in [5.41, 5.74) is 0. The fourth-order valence-corrected chi connectivity index (χ4v) is 0.415. The maximum atomic E-state index is 4.86. The Kier molecular flexibility index (Phi) is 1.44. The molecule has 0 N–H and O–H groups in total. The maximum Gasteiger partial charge on any atom is 0.182 e. The molecule has 7 heavy (non-hydrogen) atoms. The maximum absolute atomic E-state index is 4.86. The number of allylic oxidation sites excluding steroid dienone is 1. The third-order valence-corrected chi connectivity index (χ3v) is 0.814. The second-order valence-corrected chi connectivity index (χ2v) is 1.35. The van der Waals surface area contributed by atoms with Crippen LogP contribution in [0.1, 0.15) is 6.92 Å². The molecule has 0 unspecified atom stereocenters. The zero-order chi connectivity index (χ0) is 5.11. The molecule has 0 aromatic heterocycles. The lowest BCUT2D eigenvalue weighted by molar-refractivity contribution is -0.296. The van der Waals surface area contributed by atoms with Gasteiger partial charge < -0.3 is 9.47 Å². The van der Waals surface area contributed by atoms with Gasteiger partial charge in [-0.15, -0.1) is 0 Å². The van der Waals surface area contributed by atoms with E-state index in [1.807, 2.05) is 19.1 Å². The van der Waals surface area contributed by atoms with Crippen molar-refractivity contribution in [1.82, 2.24) is 0 Å². The summed E-state index contributed by atoms with van der Waals surface area (Å²) in [6, 6.07) is 0. The number of hydrogen-bond donors (Lipinski definition) is 0. The molecular formula is C5H8O2. The molecule has 1 saturated heterocycles. The van der Waals surface area contributed by atoms with Crippen molar-refractivity contribution in [2.75, 3.05) is 6.79 Å². The fourth-order valence-electron chi connectivity index (χ4n) is 0.415. The predicted molar refractivity (Wildman–Crippen MR) is 25.6 cm³/mol. The minimum Gasteiger partial charge on any atom is -0.323 e. The van der Waals surface area contributed by atoms with Gasteiger partial charge in [-0.25, -0.2) is 0 Å². The van der Waals surface area contributed by atoms with Crippen LogP contribution < -0.4 is 0 Å². The summed E-state index contributed by atoms with van der Waals surface area (Å²) in [5.74, 6) is 0. The van der Waals surface area contributed by atoms with Gasteiger partial charge in [-0.05, 0) is 13.0 Å². The van der Waals surface area contributed by atoms with Gasteiger partial charge >= 0.3 is 0 Å². The van der Waals surface area contributed by atoms with Crippen molar-refractivity contribution in [2.45, 2.75) is 13.2 Å². The minimum absolute atomic E-state index is 0.0509. The zero-order valence-electron chi connectivity index (χ0n) is 4.26. The molecule has 0 saturated carbocycles. The number of rotatable bonds is 1. The van der Waals surface area contributed by atoms with Gasteiger partial charge in [-0.3, -0.25) is 0 Å². The number of ether oxygens (including phenoxy) is 2. The van der Waals surface area contributed by atoms with E-state index in [9.17, 15) is 0 Å². The first kappa shape index (κ1) is 4.81. The first-order valence-electron chi connectivity index (χ1n) is 2.29.